The molecule has 0 heterocycles. The molecule has 0 spiro atoms. The second kappa shape index (κ2) is 8.63. The van der Waals surface area contributed by atoms with Gasteiger partial charge >= 0.3 is 7.54 Å². The van der Waals surface area contributed by atoms with Gasteiger partial charge in [-0.15, -0.1) is 0 Å². The standard InChI is InChI=1S/C13H13N3.BF3/c14-13(15-11-7-3-1-4-8-11)16-12-9-5-2-6-10-12;2-1(3)4/h1-10H,(H3,14,15,16);. The molecule has 104 valence electrons. The van der Waals surface area contributed by atoms with Crippen LogP contribution in [0.2, 0.25) is 0 Å². The van der Waals surface area contributed by atoms with Crippen molar-refractivity contribution >= 4 is 24.9 Å². The highest BCUT2D eigenvalue weighted by Crippen LogP contribution is 2.10. The van der Waals surface area contributed by atoms with Crippen molar-refractivity contribution in [3.05, 3.63) is 60.7 Å². The lowest BCUT2D eigenvalue weighted by Gasteiger charge is -2.04. The number of para-hydroxylation sites is 2. The highest BCUT2D eigenvalue weighted by Gasteiger charge is 2.06. The molecule has 0 amide bonds. The van der Waals surface area contributed by atoms with Crippen LogP contribution in [0.25, 0.3) is 0 Å². The number of hydrogen-bond donors (Lipinski definition) is 2. The molecule has 2 aromatic carbocycles. The van der Waals surface area contributed by atoms with E-state index in [0.29, 0.717) is 5.96 Å². The smallest absolute Gasteiger partial charge is 0.369 e. The van der Waals surface area contributed by atoms with Gasteiger partial charge in [-0.2, -0.15) is 0 Å². The third kappa shape index (κ3) is 7.10. The van der Waals surface area contributed by atoms with E-state index in [1.54, 1.807) is 0 Å². The van der Waals surface area contributed by atoms with Crippen molar-refractivity contribution in [1.82, 2.24) is 0 Å². The lowest BCUT2D eigenvalue weighted by Crippen LogP contribution is -2.21. The Morgan fingerprint density at radius 2 is 1.35 bits per heavy atom. The summed E-state index contributed by atoms with van der Waals surface area (Å²) in [5.74, 6) is 0.386. The molecule has 0 saturated carbocycles. The molecular weight excluding hydrogens is 266 g/mol. The molecule has 0 bridgehead atoms. The molecule has 0 aliphatic rings. The van der Waals surface area contributed by atoms with Gasteiger partial charge in [-0.05, 0) is 24.3 Å². The summed E-state index contributed by atoms with van der Waals surface area (Å²) in [5.41, 5.74) is 7.54. The van der Waals surface area contributed by atoms with Crippen molar-refractivity contribution in [3.63, 3.8) is 0 Å². The average molecular weight is 279 g/mol. The molecule has 2 rings (SSSR count). The number of guanidine groups is 1. The molecule has 0 saturated heterocycles. The lowest BCUT2D eigenvalue weighted by atomic mass is 10.3. The first kappa shape index (κ1) is 15.6. The molecule has 7 heteroatoms. The van der Waals surface area contributed by atoms with E-state index in [-0.39, 0.29) is 0 Å². The summed E-state index contributed by atoms with van der Waals surface area (Å²) < 4.78 is 29.0. The third-order valence-electron chi connectivity index (χ3n) is 2.05. The molecule has 0 radical (unpaired) electrons. The Morgan fingerprint density at radius 3 is 1.85 bits per heavy atom. The maximum atomic E-state index is 9.67. The fourth-order valence-corrected chi connectivity index (χ4v) is 1.34. The van der Waals surface area contributed by atoms with Crippen LogP contribution in [0.5, 0.6) is 0 Å². The van der Waals surface area contributed by atoms with Crippen molar-refractivity contribution in [3.8, 4) is 0 Å². The number of nitrogens with zero attached hydrogens (tertiary/aromatic N) is 1. The Labute approximate surface area is 115 Å². The summed E-state index contributed by atoms with van der Waals surface area (Å²) >= 11 is 0. The van der Waals surface area contributed by atoms with E-state index in [1.165, 1.54) is 0 Å². The molecule has 20 heavy (non-hydrogen) atoms. The number of rotatable bonds is 2. The van der Waals surface area contributed by atoms with Gasteiger partial charge in [-0.1, -0.05) is 36.4 Å². The summed E-state index contributed by atoms with van der Waals surface area (Å²) in [6.07, 6.45) is 0. The Kier molecular flexibility index (Phi) is 6.74. The minimum Gasteiger partial charge on any atom is -0.369 e. The van der Waals surface area contributed by atoms with Crippen molar-refractivity contribution in [2.45, 2.75) is 0 Å². The maximum Gasteiger partial charge on any atom is 0.762 e. The summed E-state index contributed by atoms with van der Waals surface area (Å²) in [7, 11) is -3.67. The number of hydrogen-bond acceptors (Lipinski definition) is 1. The largest absolute Gasteiger partial charge is 0.762 e. The van der Waals surface area contributed by atoms with Gasteiger partial charge in [0, 0.05) is 5.69 Å². The summed E-state index contributed by atoms with van der Waals surface area (Å²) in [4.78, 5) is 4.24. The van der Waals surface area contributed by atoms with Crippen LogP contribution in [0, 0.1) is 0 Å². The van der Waals surface area contributed by atoms with E-state index in [1.807, 2.05) is 60.7 Å². The van der Waals surface area contributed by atoms with Crippen LogP contribution in [0.4, 0.5) is 24.3 Å². The molecule has 3 N–H and O–H groups in total. The van der Waals surface area contributed by atoms with Crippen molar-refractivity contribution in [2.75, 3.05) is 5.32 Å². The van der Waals surface area contributed by atoms with E-state index in [0.717, 1.165) is 11.4 Å². The number of benzene rings is 2. The van der Waals surface area contributed by atoms with Gasteiger partial charge in [0.1, 0.15) is 0 Å². The van der Waals surface area contributed by atoms with Crippen LogP contribution in [-0.2, 0) is 0 Å². The van der Waals surface area contributed by atoms with Crippen molar-refractivity contribution in [2.24, 2.45) is 10.7 Å². The summed E-state index contributed by atoms with van der Waals surface area (Å²) in [6, 6.07) is 19.3. The molecule has 3 nitrogen and oxygen atoms in total. The van der Waals surface area contributed by atoms with E-state index in [4.69, 9.17) is 5.73 Å². The normalized spacial score (nSPS) is 10.2. The number of halogens is 3. The predicted octanol–water partition coefficient (Wildman–Crippen LogP) is 3.62. The van der Waals surface area contributed by atoms with Crippen LogP contribution >= 0.6 is 0 Å². The Bertz CT molecular complexity index is 518. The van der Waals surface area contributed by atoms with Gasteiger partial charge in [0.25, 0.3) is 0 Å². The zero-order valence-electron chi connectivity index (χ0n) is 10.5. The molecule has 0 aromatic heterocycles. The summed E-state index contributed by atoms with van der Waals surface area (Å²) in [5, 5.41) is 3.02. The second-order valence-electron chi connectivity index (χ2n) is 3.57. The predicted molar refractivity (Wildman–Crippen MR) is 76.9 cm³/mol. The zero-order chi connectivity index (χ0) is 14.8. The molecule has 0 aliphatic carbocycles. The lowest BCUT2D eigenvalue weighted by molar-refractivity contribution is 0.535. The monoisotopic (exact) mass is 279 g/mol. The van der Waals surface area contributed by atoms with Crippen LogP contribution in [-0.4, -0.2) is 13.5 Å². The fourth-order valence-electron chi connectivity index (χ4n) is 1.34. The maximum absolute atomic E-state index is 9.67. The quantitative estimate of drug-likeness (QED) is 0.501. The molecule has 0 atom stereocenters. The minimum atomic E-state index is -3.67. The highest BCUT2D eigenvalue weighted by atomic mass is 19.4. The van der Waals surface area contributed by atoms with Gasteiger partial charge in [0.15, 0.2) is 5.96 Å². The van der Waals surface area contributed by atoms with E-state index >= 15 is 0 Å². The number of nitrogens with one attached hydrogen (secondary N) is 1. The molecule has 0 fully saturated rings. The Balaban J connectivity index is 0.000000444. The molecular formula is C13H13BF3N3. The van der Waals surface area contributed by atoms with Crippen LogP contribution < -0.4 is 11.1 Å². The van der Waals surface area contributed by atoms with E-state index in [9.17, 15) is 12.9 Å². The number of nitrogens with two attached hydrogens (primary N) is 1. The van der Waals surface area contributed by atoms with E-state index < -0.39 is 7.54 Å². The first-order valence-corrected chi connectivity index (χ1v) is 5.71. The second-order valence-corrected chi connectivity index (χ2v) is 3.57. The van der Waals surface area contributed by atoms with Crippen LogP contribution in [0.15, 0.2) is 65.7 Å². The highest BCUT2D eigenvalue weighted by molar-refractivity contribution is 6.33. The van der Waals surface area contributed by atoms with Crippen molar-refractivity contribution < 1.29 is 12.9 Å². The van der Waals surface area contributed by atoms with Crippen LogP contribution in [0.1, 0.15) is 0 Å². The first-order chi connectivity index (χ1) is 9.58. The molecule has 2 aromatic rings. The average Bonchev–Trinajstić information content (AvgIpc) is 2.40. The van der Waals surface area contributed by atoms with Gasteiger partial charge < -0.3 is 11.1 Å². The fraction of sp³-hybridized carbons (Fsp3) is 0. The Hall–Kier alpha value is -2.44. The molecule has 0 unspecified atom stereocenters. The van der Waals surface area contributed by atoms with Crippen LogP contribution in [0.3, 0.4) is 0 Å². The van der Waals surface area contributed by atoms with E-state index in [2.05, 4.69) is 10.3 Å². The first-order valence-electron chi connectivity index (χ1n) is 5.71. The SMILES string of the molecule is FB(F)F.NC(=Nc1ccccc1)Nc1ccccc1. The minimum absolute atomic E-state index is 0.386. The van der Waals surface area contributed by atoms with Gasteiger partial charge in [0.05, 0.1) is 5.69 Å². The Morgan fingerprint density at radius 1 is 0.900 bits per heavy atom. The molecule has 0 aliphatic heterocycles. The van der Waals surface area contributed by atoms with Gasteiger partial charge in [-0.3, -0.25) is 12.9 Å². The third-order valence-corrected chi connectivity index (χ3v) is 2.05. The number of aliphatic imine (C=N–C) groups is 1. The topological polar surface area (TPSA) is 50.4 Å². The van der Waals surface area contributed by atoms with Crippen molar-refractivity contribution in [1.29, 1.82) is 0 Å². The van der Waals surface area contributed by atoms with Gasteiger partial charge in [0.2, 0.25) is 0 Å². The summed E-state index contributed by atoms with van der Waals surface area (Å²) in [6.45, 7) is 0. The number of anilines is 1. The zero-order valence-corrected chi connectivity index (χ0v) is 10.5. The van der Waals surface area contributed by atoms with Gasteiger partial charge in [-0.25, -0.2) is 4.99 Å².